The van der Waals surface area contributed by atoms with Crippen LogP contribution >= 0.6 is 0 Å². The van der Waals surface area contributed by atoms with Gasteiger partial charge in [-0.1, -0.05) is 30.3 Å². The van der Waals surface area contributed by atoms with Crippen molar-refractivity contribution in [3.8, 4) is 17.2 Å². The fourth-order valence-corrected chi connectivity index (χ4v) is 2.82. The number of ether oxygens (including phenoxy) is 3. The van der Waals surface area contributed by atoms with Gasteiger partial charge in [0.15, 0.2) is 11.5 Å². The SMILES string of the molecule is CCOc1ccc(NC(=O)C(=O)N/N=C\c2ccc(OCc3ccccc3)c(OC)c2)cc1. The van der Waals surface area contributed by atoms with Crippen molar-refractivity contribution in [2.24, 2.45) is 5.10 Å². The first-order valence-electron chi connectivity index (χ1n) is 10.3. The molecule has 0 spiro atoms. The van der Waals surface area contributed by atoms with Crippen molar-refractivity contribution >= 4 is 23.7 Å². The zero-order valence-corrected chi connectivity index (χ0v) is 18.4. The summed E-state index contributed by atoms with van der Waals surface area (Å²) in [6.45, 7) is 2.83. The normalized spacial score (nSPS) is 10.5. The largest absolute Gasteiger partial charge is 0.494 e. The highest BCUT2D eigenvalue weighted by molar-refractivity contribution is 6.39. The molecule has 0 aromatic heterocycles. The number of carbonyl (C=O) groups excluding carboxylic acids is 2. The lowest BCUT2D eigenvalue weighted by Gasteiger charge is -2.11. The van der Waals surface area contributed by atoms with Crippen molar-refractivity contribution < 1.29 is 23.8 Å². The van der Waals surface area contributed by atoms with E-state index in [0.717, 1.165) is 5.56 Å². The van der Waals surface area contributed by atoms with Gasteiger partial charge in [0.05, 0.1) is 19.9 Å². The fraction of sp³-hybridized carbons (Fsp3) is 0.160. The Kier molecular flexibility index (Phi) is 8.41. The summed E-state index contributed by atoms with van der Waals surface area (Å²) in [7, 11) is 1.54. The molecule has 3 rings (SSSR count). The molecule has 0 fully saturated rings. The van der Waals surface area contributed by atoms with Crippen LogP contribution in [0.25, 0.3) is 0 Å². The van der Waals surface area contributed by atoms with Crippen molar-refractivity contribution in [1.82, 2.24) is 5.43 Å². The fourth-order valence-electron chi connectivity index (χ4n) is 2.82. The lowest BCUT2D eigenvalue weighted by molar-refractivity contribution is -0.136. The quantitative estimate of drug-likeness (QED) is 0.296. The molecule has 0 bridgehead atoms. The van der Waals surface area contributed by atoms with Gasteiger partial charge in [-0.2, -0.15) is 5.10 Å². The van der Waals surface area contributed by atoms with Crippen molar-refractivity contribution in [3.05, 3.63) is 83.9 Å². The van der Waals surface area contributed by atoms with Crippen molar-refractivity contribution in [2.45, 2.75) is 13.5 Å². The predicted molar refractivity (Wildman–Crippen MR) is 126 cm³/mol. The zero-order chi connectivity index (χ0) is 23.5. The number of nitrogens with zero attached hydrogens (tertiary/aromatic N) is 1. The van der Waals surface area contributed by atoms with E-state index >= 15 is 0 Å². The van der Waals surface area contributed by atoms with E-state index in [2.05, 4.69) is 15.8 Å². The Morgan fingerprint density at radius 2 is 1.67 bits per heavy atom. The lowest BCUT2D eigenvalue weighted by Crippen LogP contribution is -2.32. The van der Waals surface area contributed by atoms with E-state index in [1.165, 1.54) is 6.21 Å². The molecule has 0 unspecified atom stereocenters. The first-order valence-corrected chi connectivity index (χ1v) is 10.3. The minimum Gasteiger partial charge on any atom is -0.494 e. The number of anilines is 1. The van der Waals surface area contributed by atoms with Gasteiger partial charge >= 0.3 is 11.8 Å². The summed E-state index contributed by atoms with van der Waals surface area (Å²) in [5, 5.41) is 6.34. The van der Waals surface area contributed by atoms with Crippen LogP contribution in [0.5, 0.6) is 17.2 Å². The van der Waals surface area contributed by atoms with E-state index in [1.807, 2.05) is 37.3 Å². The molecule has 0 radical (unpaired) electrons. The number of amides is 2. The average Bonchev–Trinajstić information content (AvgIpc) is 2.85. The van der Waals surface area contributed by atoms with Gasteiger partial charge in [0.25, 0.3) is 0 Å². The minimum atomic E-state index is -0.894. The molecule has 33 heavy (non-hydrogen) atoms. The van der Waals surface area contributed by atoms with Gasteiger partial charge < -0.3 is 19.5 Å². The molecule has 8 nitrogen and oxygen atoms in total. The van der Waals surface area contributed by atoms with E-state index < -0.39 is 11.8 Å². The molecule has 0 saturated heterocycles. The molecule has 0 atom stereocenters. The first-order chi connectivity index (χ1) is 16.1. The first kappa shape index (κ1) is 23.3. The van der Waals surface area contributed by atoms with Crippen LogP contribution < -0.4 is 25.0 Å². The third-order valence-electron chi connectivity index (χ3n) is 4.43. The maximum atomic E-state index is 12.0. The van der Waals surface area contributed by atoms with Crippen LogP contribution in [0.2, 0.25) is 0 Å². The van der Waals surface area contributed by atoms with E-state index in [9.17, 15) is 9.59 Å². The van der Waals surface area contributed by atoms with E-state index in [-0.39, 0.29) is 0 Å². The number of hydrazone groups is 1. The van der Waals surface area contributed by atoms with Crippen LogP contribution in [0.15, 0.2) is 77.9 Å². The number of methoxy groups -OCH3 is 1. The van der Waals surface area contributed by atoms with Crippen LogP contribution in [0.3, 0.4) is 0 Å². The molecule has 170 valence electrons. The molecule has 0 aliphatic heterocycles. The van der Waals surface area contributed by atoms with Gasteiger partial charge in [0, 0.05) is 5.69 Å². The number of carbonyl (C=O) groups is 2. The highest BCUT2D eigenvalue weighted by atomic mass is 16.5. The molecule has 2 N–H and O–H groups in total. The topological polar surface area (TPSA) is 98.2 Å². The van der Waals surface area contributed by atoms with Crippen molar-refractivity contribution in [2.75, 3.05) is 19.0 Å². The Balaban J connectivity index is 1.53. The molecule has 0 aliphatic carbocycles. The summed E-state index contributed by atoms with van der Waals surface area (Å²) in [5.41, 5.74) is 4.37. The molecular formula is C25H25N3O5. The van der Waals surface area contributed by atoms with Gasteiger partial charge in [0.2, 0.25) is 0 Å². The second-order valence-electron chi connectivity index (χ2n) is 6.80. The molecular weight excluding hydrogens is 422 g/mol. The highest BCUT2D eigenvalue weighted by Crippen LogP contribution is 2.28. The van der Waals surface area contributed by atoms with Gasteiger partial charge in [-0.3, -0.25) is 9.59 Å². The molecule has 0 heterocycles. The maximum Gasteiger partial charge on any atom is 0.329 e. The van der Waals surface area contributed by atoms with Gasteiger partial charge in [-0.15, -0.1) is 0 Å². The van der Waals surface area contributed by atoms with Gasteiger partial charge in [0.1, 0.15) is 12.4 Å². The molecule has 3 aromatic rings. The van der Waals surface area contributed by atoms with Crippen LogP contribution in [0.4, 0.5) is 5.69 Å². The summed E-state index contributed by atoms with van der Waals surface area (Å²) in [5.74, 6) is 0.0525. The highest BCUT2D eigenvalue weighted by Gasteiger charge is 2.13. The second kappa shape index (κ2) is 11.9. The van der Waals surface area contributed by atoms with E-state index in [4.69, 9.17) is 14.2 Å². The molecule has 0 saturated carbocycles. The average molecular weight is 447 g/mol. The summed E-state index contributed by atoms with van der Waals surface area (Å²) in [6.07, 6.45) is 1.41. The van der Waals surface area contributed by atoms with Gasteiger partial charge in [-0.25, -0.2) is 5.43 Å². The van der Waals surface area contributed by atoms with Crippen molar-refractivity contribution in [1.29, 1.82) is 0 Å². The molecule has 0 aliphatic rings. The summed E-state index contributed by atoms with van der Waals surface area (Å²) < 4.78 is 16.5. The summed E-state index contributed by atoms with van der Waals surface area (Å²) in [6, 6.07) is 21.7. The molecule has 2 amide bonds. The Morgan fingerprint density at radius 3 is 2.36 bits per heavy atom. The van der Waals surface area contributed by atoms with Crippen LogP contribution in [-0.2, 0) is 16.2 Å². The summed E-state index contributed by atoms with van der Waals surface area (Å²) >= 11 is 0. The predicted octanol–water partition coefficient (Wildman–Crippen LogP) is 3.76. The van der Waals surface area contributed by atoms with E-state index in [1.54, 1.807) is 49.6 Å². The van der Waals surface area contributed by atoms with Gasteiger partial charge in [-0.05, 0) is 60.5 Å². The number of benzene rings is 3. The Hall–Kier alpha value is -4.33. The maximum absolute atomic E-state index is 12.0. The number of nitrogens with one attached hydrogen (secondary N) is 2. The lowest BCUT2D eigenvalue weighted by atomic mass is 10.2. The van der Waals surface area contributed by atoms with Crippen molar-refractivity contribution in [3.63, 3.8) is 0 Å². The minimum absolute atomic E-state index is 0.407. The van der Waals surface area contributed by atoms with Crippen LogP contribution in [0, 0.1) is 0 Å². The third kappa shape index (κ3) is 7.10. The van der Waals surface area contributed by atoms with Crippen LogP contribution in [-0.4, -0.2) is 31.7 Å². The molecule has 3 aromatic carbocycles. The van der Waals surface area contributed by atoms with Crippen LogP contribution in [0.1, 0.15) is 18.1 Å². The second-order valence-corrected chi connectivity index (χ2v) is 6.80. The van der Waals surface area contributed by atoms with E-state index in [0.29, 0.717) is 41.7 Å². The standard InChI is InChI=1S/C25H25N3O5/c1-3-32-21-12-10-20(11-13-21)27-24(29)25(30)28-26-16-19-9-14-22(23(15-19)31-2)33-17-18-7-5-4-6-8-18/h4-16H,3,17H2,1-2H3,(H,27,29)(H,28,30)/b26-16-. The summed E-state index contributed by atoms with van der Waals surface area (Å²) in [4.78, 5) is 24.0. The number of hydrogen-bond donors (Lipinski definition) is 2. The third-order valence-corrected chi connectivity index (χ3v) is 4.43. The molecule has 8 heteroatoms. The smallest absolute Gasteiger partial charge is 0.329 e. The Labute approximate surface area is 192 Å². The monoisotopic (exact) mass is 447 g/mol. The Morgan fingerprint density at radius 1 is 0.909 bits per heavy atom. The number of hydrogen-bond acceptors (Lipinski definition) is 6. The zero-order valence-electron chi connectivity index (χ0n) is 18.4. The Bertz CT molecular complexity index is 1100. The number of rotatable bonds is 9.